The lowest BCUT2D eigenvalue weighted by molar-refractivity contribution is -0.120. The average molecular weight is 435 g/mol. The van der Waals surface area contributed by atoms with Crippen LogP contribution in [-0.4, -0.2) is 40.3 Å². The van der Waals surface area contributed by atoms with Gasteiger partial charge in [-0.05, 0) is 62.3 Å². The van der Waals surface area contributed by atoms with Gasteiger partial charge in [-0.25, -0.2) is 9.50 Å². The fraction of sp³-hybridized carbons (Fsp3) is 0.480. The highest BCUT2D eigenvalue weighted by Crippen LogP contribution is 2.35. The summed E-state index contributed by atoms with van der Waals surface area (Å²) in [6.45, 7) is 4.06. The van der Waals surface area contributed by atoms with E-state index < -0.39 is 0 Å². The number of hydrogen-bond acceptors (Lipinski definition) is 5. The van der Waals surface area contributed by atoms with Crippen LogP contribution in [0.15, 0.2) is 36.5 Å². The molecule has 2 aliphatic rings. The Hall–Kier alpha value is -3.09. The number of ether oxygens (including phenoxy) is 2. The van der Waals surface area contributed by atoms with Crippen molar-refractivity contribution in [3.63, 3.8) is 0 Å². The molecule has 0 spiro atoms. The molecule has 7 nitrogen and oxygen atoms in total. The molecule has 1 aliphatic heterocycles. The van der Waals surface area contributed by atoms with Crippen molar-refractivity contribution in [3.8, 4) is 11.5 Å². The first-order valence-corrected chi connectivity index (χ1v) is 11.6. The maximum absolute atomic E-state index is 12.5. The summed E-state index contributed by atoms with van der Waals surface area (Å²) >= 11 is 0. The molecule has 0 saturated heterocycles. The van der Waals surface area contributed by atoms with Crippen LogP contribution in [0.2, 0.25) is 0 Å². The minimum absolute atomic E-state index is 0.0597. The molecular formula is C25H30N4O3. The Kier molecular flexibility index (Phi) is 5.97. The van der Waals surface area contributed by atoms with E-state index in [2.05, 4.69) is 21.5 Å². The van der Waals surface area contributed by atoms with Crippen LogP contribution >= 0.6 is 0 Å². The van der Waals surface area contributed by atoms with Crippen molar-refractivity contribution in [2.24, 2.45) is 5.92 Å². The zero-order chi connectivity index (χ0) is 21.9. The van der Waals surface area contributed by atoms with Crippen molar-refractivity contribution >= 4 is 11.6 Å². The van der Waals surface area contributed by atoms with Gasteiger partial charge >= 0.3 is 0 Å². The van der Waals surface area contributed by atoms with Crippen molar-refractivity contribution in [2.45, 2.75) is 51.4 Å². The summed E-state index contributed by atoms with van der Waals surface area (Å²) in [7, 11) is 0. The second-order valence-electron chi connectivity index (χ2n) is 8.96. The first-order chi connectivity index (χ1) is 15.7. The summed E-state index contributed by atoms with van der Waals surface area (Å²) < 4.78 is 13.4. The van der Waals surface area contributed by atoms with E-state index in [1.807, 2.05) is 41.9 Å². The smallest absolute Gasteiger partial charge is 0.224 e. The van der Waals surface area contributed by atoms with Crippen LogP contribution in [0.5, 0.6) is 11.5 Å². The summed E-state index contributed by atoms with van der Waals surface area (Å²) in [5.41, 5.74) is 4.12. The highest BCUT2D eigenvalue weighted by atomic mass is 16.5. The standard InChI is InChI=1S/C25H30N4O3/c1-17-13-24-26-10-9-21(29(24)28-17)20-6-3-18(4-7-20)16-27-25(30)15-19-5-8-22-23(14-19)32-12-2-11-31-22/h5,8-10,13-14,18,20H,2-4,6-7,11-12,15-16H2,1H3,(H,27,30). The van der Waals surface area contributed by atoms with Crippen molar-refractivity contribution in [2.75, 3.05) is 19.8 Å². The number of aromatic nitrogens is 3. The van der Waals surface area contributed by atoms with E-state index in [-0.39, 0.29) is 5.91 Å². The minimum Gasteiger partial charge on any atom is -0.490 e. The van der Waals surface area contributed by atoms with Crippen molar-refractivity contribution in [1.29, 1.82) is 0 Å². The first-order valence-electron chi connectivity index (χ1n) is 11.6. The van der Waals surface area contributed by atoms with Crippen LogP contribution in [0.1, 0.15) is 55.0 Å². The number of benzene rings is 1. The monoisotopic (exact) mass is 434 g/mol. The van der Waals surface area contributed by atoms with E-state index in [1.165, 1.54) is 5.69 Å². The molecule has 1 aliphatic carbocycles. The second kappa shape index (κ2) is 9.18. The third-order valence-corrected chi connectivity index (χ3v) is 6.54. The Labute approximate surface area is 188 Å². The highest BCUT2D eigenvalue weighted by molar-refractivity contribution is 5.78. The summed E-state index contributed by atoms with van der Waals surface area (Å²) in [6.07, 6.45) is 7.57. The number of rotatable bonds is 5. The topological polar surface area (TPSA) is 77.8 Å². The van der Waals surface area contributed by atoms with Crippen LogP contribution in [0, 0.1) is 12.8 Å². The predicted octanol–water partition coefficient (Wildman–Crippen LogP) is 3.83. The van der Waals surface area contributed by atoms with Gasteiger partial charge in [0.1, 0.15) is 0 Å². The number of hydrogen-bond donors (Lipinski definition) is 1. The summed E-state index contributed by atoms with van der Waals surface area (Å²) in [5, 5.41) is 7.76. The zero-order valence-electron chi connectivity index (χ0n) is 18.5. The van der Waals surface area contributed by atoms with Gasteiger partial charge in [-0.15, -0.1) is 0 Å². The van der Waals surface area contributed by atoms with E-state index in [4.69, 9.17) is 9.47 Å². The molecule has 1 N–H and O–H groups in total. The first kappa shape index (κ1) is 20.8. The van der Waals surface area contributed by atoms with Crippen molar-refractivity contribution < 1.29 is 14.3 Å². The van der Waals surface area contributed by atoms with Crippen molar-refractivity contribution in [3.05, 3.63) is 53.5 Å². The SMILES string of the molecule is Cc1cc2nccc(C3CCC(CNC(=O)Cc4ccc5c(c4)OCCCO5)CC3)n2n1. The van der Waals surface area contributed by atoms with Gasteiger partial charge in [0.15, 0.2) is 17.1 Å². The van der Waals surface area contributed by atoms with Crippen LogP contribution in [-0.2, 0) is 11.2 Å². The molecular weight excluding hydrogens is 404 g/mol. The van der Waals surface area contributed by atoms with Crippen LogP contribution in [0.4, 0.5) is 0 Å². The molecule has 2 aromatic heterocycles. The van der Waals surface area contributed by atoms with Crippen LogP contribution in [0.3, 0.4) is 0 Å². The number of carbonyl (C=O) groups excluding carboxylic acids is 1. The number of amides is 1. The van der Waals surface area contributed by atoms with Gasteiger partial charge in [-0.1, -0.05) is 6.07 Å². The Bertz CT molecular complexity index is 1100. The molecule has 168 valence electrons. The molecule has 1 amide bonds. The third-order valence-electron chi connectivity index (χ3n) is 6.54. The van der Waals surface area contributed by atoms with Gasteiger partial charge in [-0.2, -0.15) is 5.10 Å². The lowest BCUT2D eigenvalue weighted by atomic mass is 9.80. The molecule has 32 heavy (non-hydrogen) atoms. The quantitative estimate of drug-likeness (QED) is 0.660. The normalized spacial score (nSPS) is 20.7. The molecule has 1 aromatic carbocycles. The van der Waals surface area contributed by atoms with Gasteiger partial charge in [0.25, 0.3) is 0 Å². The molecule has 3 heterocycles. The molecule has 1 saturated carbocycles. The number of carbonyl (C=O) groups is 1. The minimum atomic E-state index is 0.0597. The fourth-order valence-electron chi connectivity index (χ4n) is 4.82. The summed E-state index contributed by atoms with van der Waals surface area (Å²) in [6, 6.07) is 9.90. The van der Waals surface area contributed by atoms with E-state index >= 15 is 0 Å². The summed E-state index contributed by atoms with van der Waals surface area (Å²) in [4.78, 5) is 16.9. The fourth-order valence-corrected chi connectivity index (χ4v) is 4.82. The predicted molar refractivity (Wildman–Crippen MR) is 121 cm³/mol. The lowest BCUT2D eigenvalue weighted by Gasteiger charge is -2.29. The molecule has 0 unspecified atom stereocenters. The van der Waals surface area contributed by atoms with E-state index in [0.29, 0.717) is 31.5 Å². The van der Waals surface area contributed by atoms with E-state index in [1.54, 1.807) is 0 Å². The van der Waals surface area contributed by atoms with Crippen LogP contribution in [0.25, 0.3) is 5.65 Å². The summed E-state index contributed by atoms with van der Waals surface area (Å²) in [5.74, 6) is 2.58. The van der Waals surface area contributed by atoms with Gasteiger partial charge in [0.05, 0.1) is 25.3 Å². The number of aryl methyl sites for hydroxylation is 1. The van der Waals surface area contributed by atoms with Gasteiger partial charge < -0.3 is 14.8 Å². The Balaban J connectivity index is 1.12. The Morgan fingerprint density at radius 3 is 2.75 bits per heavy atom. The molecule has 0 bridgehead atoms. The maximum atomic E-state index is 12.5. The molecule has 5 rings (SSSR count). The van der Waals surface area contributed by atoms with E-state index in [0.717, 1.165) is 67.1 Å². The Morgan fingerprint density at radius 2 is 1.91 bits per heavy atom. The molecule has 3 aromatic rings. The van der Waals surface area contributed by atoms with Crippen molar-refractivity contribution in [1.82, 2.24) is 19.9 Å². The zero-order valence-corrected chi connectivity index (χ0v) is 18.5. The number of nitrogens with one attached hydrogen (secondary N) is 1. The van der Waals surface area contributed by atoms with Gasteiger partial charge in [-0.3, -0.25) is 4.79 Å². The highest BCUT2D eigenvalue weighted by Gasteiger charge is 2.25. The van der Waals surface area contributed by atoms with Crippen LogP contribution < -0.4 is 14.8 Å². The van der Waals surface area contributed by atoms with Gasteiger partial charge in [0, 0.05) is 36.8 Å². The number of nitrogens with zero attached hydrogens (tertiary/aromatic N) is 3. The Morgan fingerprint density at radius 1 is 1.09 bits per heavy atom. The largest absolute Gasteiger partial charge is 0.490 e. The maximum Gasteiger partial charge on any atom is 0.224 e. The average Bonchev–Trinajstić information content (AvgIpc) is 3.03. The van der Waals surface area contributed by atoms with E-state index in [9.17, 15) is 4.79 Å². The lowest BCUT2D eigenvalue weighted by Crippen LogP contribution is -2.32. The molecule has 0 atom stereocenters. The van der Waals surface area contributed by atoms with Gasteiger partial charge in [0.2, 0.25) is 5.91 Å². The molecule has 7 heteroatoms. The number of fused-ring (bicyclic) bond motifs is 2. The molecule has 0 radical (unpaired) electrons. The third kappa shape index (κ3) is 4.56. The molecule has 1 fully saturated rings. The second-order valence-corrected chi connectivity index (χ2v) is 8.96.